The van der Waals surface area contributed by atoms with E-state index in [1.54, 1.807) is 41.2 Å². The molecule has 1 atom stereocenters. The molecule has 1 aliphatic heterocycles. The summed E-state index contributed by atoms with van der Waals surface area (Å²) in [5.41, 5.74) is 1.07. The molecular formula is C37H53N7O6. The number of aromatic nitrogens is 2. The Labute approximate surface area is 296 Å². The molecule has 13 nitrogen and oxygen atoms in total. The zero-order chi connectivity index (χ0) is 36.3. The van der Waals surface area contributed by atoms with Crippen LogP contribution in [0.4, 0.5) is 27.9 Å². The van der Waals surface area contributed by atoms with E-state index < -0.39 is 11.7 Å². The van der Waals surface area contributed by atoms with Crippen molar-refractivity contribution >= 4 is 41.0 Å². The second-order valence-corrected chi connectivity index (χ2v) is 13.6. The molecule has 1 saturated carbocycles. The van der Waals surface area contributed by atoms with Crippen LogP contribution >= 0.6 is 0 Å². The molecule has 1 aromatic carbocycles. The van der Waals surface area contributed by atoms with E-state index in [9.17, 15) is 14.4 Å². The van der Waals surface area contributed by atoms with Crippen LogP contribution in [0.25, 0.3) is 0 Å². The summed E-state index contributed by atoms with van der Waals surface area (Å²) in [6.07, 6.45) is 13.5. The minimum Gasteiger partial charge on any atom is -0.495 e. The lowest BCUT2D eigenvalue weighted by Gasteiger charge is -2.43. The van der Waals surface area contributed by atoms with Crippen LogP contribution < -0.4 is 25.2 Å². The fraction of sp³-hybridized carbons (Fsp3) is 0.595. The van der Waals surface area contributed by atoms with Gasteiger partial charge >= 0.3 is 6.09 Å². The number of benzene rings is 1. The van der Waals surface area contributed by atoms with E-state index in [-0.39, 0.29) is 23.9 Å². The number of carbonyl (C=O) groups excluding carboxylic acids is 3. The number of methoxy groups -OCH3 is 1. The topological polar surface area (TPSA) is 138 Å². The van der Waals surface area contributed by atoms with Gasteiger partial charge in [-0.2, -0.15) is 4.98 Å². The largest absolute Gasteiger partial charge is 0.495 e. The summed E-state index contributed by atoms with van der Waals surface area (Å²) in [5, 5.41) is 6.18. The first kappa shape index (κ1) is 38.2. The van der Waals surface area contributed by atoms with Crippen LogP contribution in [0.5, 0.6) is 5.75 Å². The number of likely N-dealkylation sites (N-methyl/N-ethyl adjacent to an activating group) is 1. The lowest BCUT2D eigenvalue weighted by molar-refractivity contribution is -0.120. The number of fused-ring (bicyclic) bond motifs is 1. The Morgan fingerprint density at radius 2 is 1.90 bits per heavy atom. The van der Waals surface area contributed by atoms with E-state index >= 15 is 0 Å². The second-order valence-electron chi connectivity index (χ2n) is 13.6. The summed E-state index contributed by atoms with van der Waals surface area (Å²) in [4.78, 5) is 54.0. The molecule has 13 heteroatoms. The van der Waals surface area contributed by atoms with Crippen molar-refractivity contribution in [3.63, 3.8) is 0 Å². The van der Waals surface area contributed by atoms with Crippen molar-refractivity contribution < 1.29 is 28.6 Å². The van der Waals surface area contributed by atoms with E-state index in [2.05, 4.69) is 26.4 Å². The van der Waals surface area contributed by atoms with Crippen LogP contribution in [0, 0.1) is 12.3 Å². The summed E-state index contributed by atoms with van der Waals surface area (Å²) in [6.45, 7) is 9.49. The average molecular weight is 692 g/mol. The summed E-state index contributed by atoms with van der Waals surface area (Å²) >= 11 is 0. The molecule has 2 aromatic rings. The van der Waals surface area contributed by atoms with Crippen LogP contribution in [0.15, 0.2) is 24.4 Å². The van der Waals surface area contributed by atoms with Gasteiger partial charge in [0.1, 0.15) is 23.1 Å². The predicted molar refractivity (Wildman–Crippen MR) is 194 cm³/mol. The molecule has 1 aromatic heterocycles. The third-order valence-electron chi connectivity index (χ3n) is 8.78. The Hall–Kier alpha value is -4.57. The second kappa shape index (κ2) is 17.9. The number of hydrogen-bond donors (Lipinski definition) is 2. The van der Waals surface area contributed by atoms with Gasteiger partial charge < -0.3 is 39.5 Å². The van der Waals surface area contributed by atoms with Gasteiger partial charge in [0.25, 0.3) is 5.91 Å². The first-order valence-corrected chi connectivity index (χ1v) is 17.6. The van der Waals surface area contributed by atoms with Crippen molar-refractivity contribution in [3.05, 3.63) is 30.0 Å². The van der Waals surface area contributed by atoms with Crippen LogP contribution in [-0.4, -0.2) is 97.5 Å². The molecule has 1 aliphatic carbocycles. The zero-order valence-electron chi connectivity index (χ0n) is 30.4. The molecule has 4 rings (SSSR count). The average Bonchev–Trinajstić information content (AvgIpc) is 3.62. The third-order valence-corrected chi connectivity index (χ3v) is 8.78. The quantitative estimate of drug-likeness (QED) is 0.171. The molecule has 3 amide bonds. The molecule has 0 radical (unpaired) electrons. The molecule has 272 valence electrons. The van der Waals surface area contributed by atoms with Gasteiger partial charge in [-0.3, -0.25) is 9.59 Å². The van der Waals surface area contributed by atoms with Gasteiger partial charge in [0, 0.05) is 51.3 Å². The number of hydrogen-bond acceptors (Lipinski definition) is 10. The van der Waals surface area contributed by atoms with Crippen molar-refractivity contribution in [1.29, 1.82) is 0 Å². The van der Waals surface area contributed by atoms with E-state index in [0.717, 1.165) is 37.9 Å². The lowest BCUT2D eigenvalue weighted by Crippen LogP contribution is -2.55. The van der Waals surface area contributed by atoms with Crippen molar-refractivity contribution in [1.82, 2.24) is 20.2 Å². The highest BCUT2D eigenvalue weighted by Gasteiger charge is 2.41. The SMILES string of the molecule is C#CCCCOCCN(CCCNC(=O)c1ccc(Nc2ncc3c(n2)N(C2CCCC2)[C@H](CC)C(=O)N3C)c(OC)c1)C(=O)OC(C)(C)C. The van der Waals surface area contributed by atoms with Crippen LogP contribution in [-0.2, 0) is 14.3 Å². The highest BCUT2D eigenvalue weighted by Crippen LogP contribution is 2.40. The van der Waals surface area contributed by atoms with E-state index in [0.29, 0.717) is 80.7 Å². The number of ether oxygens (including phenoxy) is 3. The highest BCUT2D eigenvalue weighted by molar-refractivity contribution is 6.04. The number of rotatable bonds is 16. The van der Waals surface area contributed by atoms with Crippen LogP contribution in [0.3, 0.4) is 0 Å². The third kappa shape index (κ3) is 10.00. The first-order valence-electron chi connectivity index (χ1n) is 17.6. The van der Waals surface area contributed by atoms with Crippen molar-refractivity contribution in [2.45, 2.75) is 96.7 Å². The fourth-order valence-electron chi connectivity index (χ4n) is 6.25. The molecule has 0 bridgehead atoms. The minimum atomic E-state index is -0.631. The number of nitrogens with one attached hydrogen (secondary N) is 2. The van der Waals surface area contributed by atoms with Crippen molar-refractivity contribution in [2.75, 3.05) is 62.1 Å². The Morgan fingerprint density at radius 1 is 1.14 bits per heavy atom. The molecule has 50 heavy (non-hydrogen) atoms. The molecule has 1 fully saturated rings. The summed E-state index contributed by atoms with van der Waals surface area (Å²) in [7, 11) is 3.31. The molecular weight excluding hydrogens is 638 g/mol. The zero-order valence-corrected chi connectivity index (χ0v) is 30.4. The van der Waals surface area contributed by atoms with Gasteiger partial charge in [-0.25, -0.2) is 9.78 Å². The summed E-state index contributed by atoms with van der Waals surface area (Å²) in [6, 6.07) is 5.10. The van der Waals surface area contributed by atoms with Gasteiger partial charge in [-0.15, -0.1) is 12.3 Å². The van der Waals surface area contributed by atoms with E-state index in [1.165, 1.54) is 7.11 Å². The fourth-order valence-corrected chi connectivity index (χ4v) is 6.25. The number of amides is 3. The summed E-state index contributed by atoms with van der Waals surface area (Å²) in [5.74, 6) is 3.93. The molecule has 0 saturated heterocycles. The Bertz CT molecular complexity index is 1510. The normalized spacial score (nSPS) is 16.1. The molecule has 0 spiro atoms. The van der Waals surface area contributed by atoms with Gasteiger partial charge in [0.05, 0.1) is 25.6 Å². The number of unbranched alkanes of at least 4 members (excludes halogenated alkanes) is 1. The predicted octanol–water partition coefficient (Wildman–Crippen LogP) is 5.52. The number of anilines is 4. The van der Waals surface area contributed by atoms with Crippen molar-refractivity contribution in [3.8, 4) is 18.1 Å². The molecule has 2 N–H and O–H groups in total. The Morgan fingerprint density at radius 3 is 2.58 bits per heavy atom. The maximum Gasteiger partial charge on any atom is 0.410 e. The molecule has 2 heterocycles. The Balaban J connectivity index is 1.38. The van der Waals surface area contributed by atoms with Gasteiger partial charge in [0.2, 0.25) is 11.9 Å². The van der Waals surface area contributed by atoms with Gasteiger partial charge in [0.15, 0.2) is 5.82 Å². The Kier molecular flexibility index (Phi) is 13.7. The molecule has 2 aliphatic rings. The smallest absolute Gasteiger partial charge is 0.410 e. The maximum absolute atomic E-state index is 13.2. The van der Waals surface area contributed by atoms with Gasteiger partial charge in [-0.05, 0) is 71.1 Å². The van der Waals surface area contributed by atoms with E-state index in [1.807, 2.05) is 27.7 Å². The van der Waals surface area contributed by atoms with Crippen LogP contribution in [0.1, 0.15) is 89.4 Å². The number of nitrogens with zero attached hydrogens (tertiary/aromatic N) is 5. The first-order chi connectivity index (χ1) is 24.0. The van der Waals surface area contributed by atoms with E-state index in [4.69, 9.17) is 25.6 Å². The standard InChI is InChI=1S/C37H53N7O6/c1-8-10-13-22-49-23-21-43(36(47)50-37(3,4)5)20-14-19-38-33(45)26-17-18-28(31(24-26)48-7)40-35-39-25-30-32(41-35)44(27-15-11-12-16-27)29(9-2)34(46)42(30)6/h1,17-18,24-25,27,29H,9-16,19-23H2,2-7H3,(H,38,45)(H,39,40,41)/t29-/m1/s1. The monoisotopic (exact) mass is 691 g/mol. The molecule has 0 unspecified atom stereocenters. The van der Waals surface area contributed by atoms with Crippen molar-refractivity contribution in [2.24, 2.45) is 0 Å². The highest BCUT2D eigenvalue weighted by atomic mass is 16.6. The lowest BCUT2D eigenvalue weighted by atomic mass is 10.0. The summed E-state index contributed by atoms with van der Waals surface area (Å²) < 4.78 is 16.8. The van der Waals surface area contributed by atoms with Crippen LogP contribution in [0.2, 0.25) is 0 Å². The minimum absolute atomic E-state index is 0.0598. The number of carbonyl (C=O) groups is 3. The number of terminal acetylenes is 1. The van der Waals surface area contributed by atoms with Gasteiger partial charge in [-0.1, -0.05) is 19.8 Å². The maximum atomic E-state index is 13.2.